The van der Waals surface area contributed by atoms with Crippen molar-refractivity contribution in [2.24, 2.45) is 0 Å². The van der Waals surface area contributed by atoms with E-state index in [2.05, 4.69) is 52.7 Å². The highest BCUT2D eigenvalue weighted by Gasteiger charge is 2.14. The molecule has 0 aliphatic heterocycles. The fraction of sp³-hybridized carbons (Fsp3) is 0.0952. The molecule has 0 spiro atoms. The summed E-state index contributed by atoms with van der Waals surface area (Å²) >= 11 is 1.58. The molecule has 2 N–H and O–H groups in total. The molecule has 2 aromatic heterocycles. The molecule has 0 radical (unpaired) electrons. The van der Waals surface area contributed by atoms with E-state index in [4.69, 9.17) is 5.11 Å². The number of aromatic nitrogens is 2. The van der Waals surface area contributed by atoms with Crippen LogP contribution in [0.5, 0.6) is 0 Å². The second kappa shape index (κ2) is 6.81. The molecule has 2 aromatic carbocycles. The molecule has 0 bridgehead atoms. The van der Waals surface area contributed by atoms with Gasteiger partial charge in [0, 0.05) is 16.6 Å². The van der Waals surface area contributed by atoms with Crippen molar-refractivity contribution in [3.63, 3.8) is 0 Å². The minimum atomic E-state index is -0.944. The Morgan fingerprint density at radius 1 is 1.04 bits per heavy atom. The minimum Gasteiger partial charge on any atom is -0.478 e. The van der Waals surface area contributed by atoms with Crippen LogP contribution in [0.2, 0.25) is 0 Å². The van der Waals surface area contributed by atoms with Crippen LogP contribution < -0.4 is 5.32 Å². The van der Waals surface area contributed by atoms with E-state index in [1.165, 1.54) is 17.5 Å². The van der Waals surface area contributed by atoms with E-state index in [1.54, 1.807) is 35.6 Å². The Balaban J connectivity index is 1.78. The van der Waals surface area contributed by atoms with Crippen LogP contribution in [0, 0.1) is 13.8 Å². The topological polar surface area (TPSA) is 75.1 Å². The number of nitrogens with zero attached hydrogens (tertiary/aromatic N) is 2. The maximum absolute atomic E-state index is 11.0. The zero-order valence-electron chi connectivity index (χ0n) is 14.9. The highest BCUT2D eigenvalue weighted by Crippen LogP contribution is 2.37. The van der Waals surface area contributed by atoms with Crippen LogP contribution in [0.15, 0.2) is 54.2 Å². The Kier molecular flexibility index (Phi) is 4.33. The summed E-state index contributed by atoms with van der Waals surface area (Å²) in [6, 6.07) is 13.0. The molecular formula is C21H17N3O2S. The molecule has 6 heteroatoms. The van der Waals surface area contributed by atoms with E-state index in [9.17, 15) is 4.79 Å². The average Bonchev–Trinajstić information content (AvgIpc) is 3.10. The van der Waals surface area contributed by atoms with Crippen LogP contribution >= 0.6 is 11.3 Å². The molecule has 0 atom stereocenters. The number of hydrogen-bond donors (Lipinski definition) is 2. The first-order chi connectivity index (χ1) is 13.0. The molecular weight excluding hydrogens is 358 g/mol. The molecule has 5 nitrogen and oxygen atoms in total. The molecule has 0 aliphatic rings. The van der Waals surface area contributed by atoms with Crippen LogP contribution in [-0.2, 0) is 0 Å². The fourth-order valence-electron chi connectivity index (χ4n) is 2.92. The van der Waals surface area contributed by atoms with E-state index < -0.39 is 5.97 Å². The summed E-state index contributed by atoms with van der Waals surface area (Å²) in [5.74, 6) is -0.238. The van der Waals surface area contributed by atoms with Gasteiger partial charge in [0.15, 0.2) is 0 Å². The highest BCUT2D eigenvalue weighted by molar-refractivity contribution is 7.17. The predicted octanol–water partition coefficient (Wildman–Crippen LogP) is 5.42. The van der Waals surface area contributed by atoms with Gasteiger partial charge in [0.1, 0.15) is 17.0 Å². The number of fused-ring (bicyclic) bond motifs is 1. The predicted molar refractivity (Wildman–Crippen MR) is 109 cm³/mol. The van der Waals surface area contributed by atoms with E-state index >= 15 is 0 Å². The van der Waals surface area contributed by atoms with Gasteiger partial charge >= 0.3 is 5.97 Å². The summed E-state index contributed by atoms with van der Waals surface area (Å²) in [7, 11) is 0. The Hall–Kier alpha value is -3.25. The molecule has 0 fully saturated rings. The summed E-state index contributed by atoms with van der Waals surface area (Å²) in [5.41, 5.74) is 5.73. The molecule has 0 saturated heterocycles. The van der Waals surface area contributed by atoms with Gasteiger partial charge in [-0.25, -0.2) is 14.8 Å². The third-order valence-corrected chi connectivity index (χ3v) is 5.47. The van der Waals surface area contributed by atoms with Crippen molar-refractivity contribution < 1.29 is 9.90 Å². The van der Waals surface area contributed by atoms with Gasteiger partial charge in [-0.1, -0.05) is 18.2 Å². The SMILES string of the molecule is Cc1ccc(-c2csc3ncnc(Nc4ccc(C(=O)O)cc4)c23)cc1C. The molecule has 0 saturated carbocycles. The first-order valence-electron chi connectivity index (χ1n) is 8.43. The van der Waals surface area contributed by atoms with Crippen LogP contribution in [0.3, 0.4) is 0 Å². The molecule has 2 heterocycles. The van der Waals surface area contributed by atoms with Gasteiger partial charge in [0.05, 0.1) is 10.9 Å². The summed E-state index contributed by atoms with van der Waals surface area (Å²) in [6.07, 6.45) is 1.54. The van der Waals surface area contributed by atoms with Crippen molar-refractivity contribution in [3.8, 4) is 11.1 Å². The summed E-state index contributed by atoms with van der Waals surface area (Å²) in [6.45, 7) is 4.20. The largest absolute Gasteiger partial charge is 0.478 e. The molecule has 0 amide bonds. The number of carboxylic acid groups (broad SMARTS) is 1. The summed E-state index contributed by atoms with van der Waals surface area (Å²) < 4.78 is 0. The van der Waals surface area contributed by atoms with E-state index in [-0.39, 0.29) is 5.56 Å². The zero-order valence-corrected chi connectivity index (χ0v) is 15.7. The van der Waals surface area contributed by atoms with Gasteiger partial charge in [-0.2, -0.15) is 0 Å². The second-order valence-electron chi connectivity index (χ2n) is 6.36. The van der Waals surface area contributed by atoms with E-state index in [0.29, 0.717) is 5.82 Å². The normalized spacial score (nSPS) is 10.9. The number of thiophene rings is 1. The highest BCUT2D eigenvalue weighted by atomic mass is 32.1. The number of aromatic carboxylic acids is 1. The van der Waals surface area contributed by atoms with Crippen molar-refractivity contribution in [3.05, 3.63) is 70.9 Å². The third-order valence-electron chi connectivity index (χ3n) is 4.58. The number of carboxylic acids is 1. The van der Waals surface area contributed by atoms with Crippen molar-refractivity contribution in [2.75, 3.05) is 5.32 Å². The number of nitrogens with one attached hydrogen (secondary N) is 1. The molecule has 4 rings (SSSR count). The smallest absolute Gasteiger partial charge is 0.335 e. The van der Waals surface area contributed by atoms with Crippen molar-refractivity contribution in [1.82, 2.24) is 9.97 Å². The lowest BCUT2D eigenvalue weighted by Gasteiger charge is -2.09. The maximum atomic E-state index is 11.0. The first kappa shape index (κ1) is 17.2. The second-order valence-corrected chi connectivity index (χ2v) is 7.22. The van der Waals surface area contributed by atoms with Gasteiger partial charge in [-0.05, 0) is 54.8 Å². The monoisotopic (exact) mass is 375 g/mol. The Bertz CT molecular complexity index is 1150. The van der Waals surface area contributed by atoms with Gasteiger partial charge in [0.2, 0.25) is 0 Å². The number of hydrogen-bond acceptors (Lipinski definition) is 5. The van der Waals surface area contributed by atoms with E-state index in [0.717, 1.165) is 27.0 Å². The number of rotatable bonds is 4. The van der Waals surface area contributed by atoms with Gasteiger partial charge in [-0.15, -0.1) is 11.3 Å². The van der Waals surface area contributed by atoms with Crippen LogP contribution in [-0.4, -0.2) is 21.0 Å². The zero-order chi connectivity index (χ0) is 19.0. The van der Waals surface area contributed by atoms with Gasteiger partial charge < -0.3 is 10.4 Å². The number of aryl methyl sites for hydroxylation is 2. The number of benzene rings is 2. The lowest BCUT2D eigenvalue weighted by molar-refractivity contribution is 0.0697. The van der Waals surface area contributed by atoms with Crippen molar-refractivity contribution >= 4 is 39.0 Å². The lowest BCUT2D eigenvalue weighted by atomic mass is 10.0. The molecule has 27 heavy (non-hydrogen) atoms. The van der Waals surface area contributed by atoms with Crippen molar-refractivity contribution in [1.29, 1.82) is 0 Å². The standard InChI is InChI=1S/C21H17N3O2S/c1-12-3-4-15(9-13(12)2)17-10-27-20-18(17)19(22-11-23-20)24-16-7-5-14(6-8-16)21(25)26/h3-11H,1-2H3,(H,25,26)(H,22,23,24). The minimum absolute atomic E-state index is 0.250. The first-order valence-corrected chi connectivity index (χ1v) is 9.31. The lowest BCUT2D eigenvalue weighted by Crippen LogP contribution is -1.98. The average molecular weight is 375 g/mol. The Labute approximate surface area is 160 Å². The molecule has 4 aromatic rings. The molecule has 0 aliphatic carbocycles. The summed E-state index contributed by atoms with van der Waals surface area (Å²) in [4.78, 5) is 20.8. The van der Waals surface area contributed by atoms with Crippen LogP contribution in [0.1, 0.15) is 21.5 Å². The van der Waals surface area contributed by atoms with Gasteiger partial charge in [-0.3, -0.25) is 0 Å². The Morgan fingerprint density at radius 3 is 2.52 bits per heavy atom. The quantitative estimate of drug-likeness (QED) is 0.498. The van der Waals surface area contributed by atoms with Crippen LogP contribution in [0.25, 0.3) is 21.3 Å². The third kappa shape index (κ3) is 3.27. The van der Waals surface area contributed by atoms with Crippen LogP contribution in [0.4, 0.5) is 11.5 Å². The fourth-order valence-corrected chi connectivity index (χ4v) is 3.84. The molecule has 0 unspecified atom stereocenters. The van der Waals surface area contributed by atoms with E-state index in [1.807, 2.05) is 0 Å². The number of anilines is 2. The Morgan fingerprint density at radius 2 is 1.81 bits per heavy atom. The summed E-state index contributed by atoms with van der Waals surface area (Å²) in [5, 5.41) is 15.4. The number of carbonyl (C=O) groups is 1. The van der Waals surface area contributed by atoms with Gasteiger partial charge in [0.25, 0.3) is 0 Å². The van der Waals surface area contributed by atoms with Crippen molar-refractivity contribution in [2.45, 2.75) is 13.8 Å². The molecule has 134 valence electrons. The maximum Gasteiger partial charge on any atom is 0.335 e.